The summed E-state index contributed by atoms with van der Waals surface area (Å²) in [4.78, 5) is 16.1. The van der Waals surface area contributed by atoms with Gasteiger partial charge in [-0.25, -0.2) is 13.4 Å². The fraction of sp³-hybridized carbons (Fsp3) is 0.375. The van der Waals surface area contributed by atoms with E-state index in [1.807, 2.05) is 13.0 Å². The van der Waals surface area contributed by atoms with Crippen molar-refractivity contribution < 1.29 is 17.9 Å². The minimum absolute atomic E-state index is 0.0584. The molecule has 1 fully saturated rings. The molecule has 0 atom stereocenters. The molecule has 0 saturated carbocycles. The van der Waals surface area contributed by atoms with Gasteiger partial charge in [-0.15, -0.1) is 0 Å². The van der Waals surface area contributed by atoms with Gasteiger partial charge in [-0.2, -0.15) is 4.31 Å². The van der Waals surface area contributed by atoms with Crippen LogP contribution in [0, 0.1) is 6.92 Å². The number of morpholine rings is 1. The highest BCUT2D eigenvalue weighted by Crippen LogP contribution is 2.20. The van der Waals surface area contributed by atoms with Crippen molar-refractivity contribution >= 4 is 33.2 Å². The van der Waals surface area contributed by atoms with E-state index < -0.39 is 10.0 Å². The molecule has 1 saturated heterocycles. The summed E-state index contributed by atoms with van der Waals surface area (Å²) < 4.78 is 33.0. The molecular formula is C16H19ClN4O4S. The van der Waals surface area contributed by atoms with Gasteiger partial charge >= 0.3 is 0 Å². The SMILES string of the molecule is Cc1ccc(NC(=O)Cn2cnc(S(=O)(=O)N3CCOCC3)c2)cc1Cl. The number of aromatic nitrogens is 2. The molecule has 26 heavy (non-hydrogen) atoms. The van der Waals surface area contributed by atoms with Crippen molar-refractivity contribution in [1.29, 1.82) is 0 Å². The van der Waals surface area contributed by atoms with Crippen LogP contribution in [0.15, 0.2) is 35.7 Å². The zero-order valence-corrected chi connectivity index (χ0v) is 15.8. The third-order valence-corrected chi connectivity index (χ3v) is 6.16. The largest absolute Gasteiger partial charge is 0.379 e. The monoisotopic (exact) mass is 398 g/mol. The number of amides is 1. The molecule has 0 bridgehead atoms. The number of carbonyl (C=O) groups excluding carboxylic acids is 1. The van der Waals surface area contributed by atoms with Crippen LogP contribution in [0.3, 0.4) is 0 Å². The second-order valence-corrected chi connectivity index (χ2v) is 8.20. The number of nitrogens with one attached hydrogen (secondary N) is 1. The van der Waals surface area contributed by atoms with E-state index in [9.17, 15) is 13.2 Å². The second kappa shape index (κ2) is 7.75. The van der Waals surface area contributed by atoms with Crippen LogP contribution < -0.4 is 5.32 Å². The van der Waals surface area contributed by atoms with Crippen LogP contribution in [-0.2, 0) is 26.1 Å². The van der Waals surface area contributed by atoms with E-state index >= 15 is 0 Å². The van der Waals surface area contributed by atoms with Crippen LogP contribution >= 0.6 is 11.6 Å². The summed E-state index contributed by atoms with van der Waals surface area (Å²) in [6.07, 6.45) is 2.68. The van der Waals surface area contributed by atoms with Gasteiger partial charge in [0.25, 0.3) is 10.0 Å². The zero-order chi connectivity index (χ0) is 18.7. The van der Waals surface area contributed by atoms with Gasteiger partial charge in [0.1, 0.15) is 6.54 Å². The molecule has 2 aromatic rings. The van der Waals surface area contributed by atoms with Crippen molar-refractivity contribution in [2.75, 3.05) is 31.6 Å². The van der Waals surface area contributed by atoms with Gasteiger partial charge in [0.2, 0.25) is 5.91 Å². The number of anilines is 1. The van der Waals surface area contributed by atoms with Crippen LogP contribution in [0.1, 0.15) is 5.56 Å². The standard InChI is InChI=1S/C16H19ClN4O4S/c1-12-2-3-13(8-14(12)17)19-15(22)9-20-10-16(18-11-20)26(23,24)21-4-6-25-7-5-21/h2-3,8,10-11H,4-7,9H2,1H3,(H,19,22). The van der Waals surface area contributed by atoms with Crippen LogP contribution in [0.5, 0.6) is 0 Å². The lowest BCUT2D eigenvalue weighted by atomic mass is 10.2. The Morgan fingerprint density at radius 2 is 2.08 bits per heavy atom. The Kier molecular flexibility index (Phi) is 5.61. The number of halogens is 1. The summed E-state index contributed by atoms with van der Waals surface area (Å²) in [7, 11) is -3.67. The van der Waals surface area contributed by atoms with Gasteiger partial charge in [0.05, 0.1) is 19.5 Å². The molecule has 1 aromatic heterocycles. The Balaban J connectivity index is 1.65. The Morgan fingerprint density at radius 3 is 2.77 bits per heavy atom. The first kappa shape index (κ1) is 18.8. The Hall–Kier alpha value is -1.94. The lowest BCUT2D eigenvalue weighted by molar-refractivity contribution is -0.116. The first-order valence-corrected chi connectivity index (χ1v) is 9.84. The molecule has 0 spiro atoms. The van der Waals surface area contributed by atoms with Crippen molar-refractivity contribution in [2.24, 2.45) is 0 Å². The molecule has 0 radical (unpaired) electrons. The molecule has 140 valence electrons. The molecule has 8 nitrogen and oxygen atoms in total. The number of imidazole rings is 1. The summed E-state index contributed by atoms with van der Waals surface area (Å²) in [5.41, 5.74) is 1.49. The summed E-state index contributed by atoms with van der Waals surface area (Å²) >= 11 is 6.04. The molecule has 3 rings (SSSR count). The van der Waals surface area contributed by atoms with E-state index in [-0.39, 0.29) is 17.5 Å². The van der Waals surface area contributed by atoms with Crippen LogP contribution in [0.4, 0.5) is 5.69 Å². The number of ether oxygens (including phenoxy) is 1. The predicted molar refractivity (Wildman–Crippen MR) is 96.6 cm³/mol. The predicted octanol–water partition coefficient (Wildman–Crippen LogP) is 1.50. The zero-order valence-electron chi connectivity index (χ0n) is 14.2. The Bertz CT molecular complexity index is 907. The van der Waals surface area contributed by atoms with Gasteiger partial charge in [0.15, 0.2) is 5.03 Å². The number of benzene rings is 1. The molecule has 1 N–H and O–H groups in total. The quantitative estimate of drug-likeness (QED) is 0.823. The molecular weight excluding hydrogens is 380 g/mol. The molecule has 1 aliphatic heterocycles. The van der Waals surface area contributed by atoms with Crippen LogP contribution in [0.2, 0.25) is 5.02 Å². The van der Waals surface area contributed by atoms with Crippen molar-refractivity contribution in [3.63, 3.8) is 0 Å². The summed E-state index contributed by atoms with van der Waals surface area (Å²) in [5.74, 6) is -0.308. The van der Waals surface area contributed by atoms with Crippen molar-refractivity contribution in [3.8, 4) is 0 Å². The first-order chi connectivity index (χ1) is 12.4. The molecule has 0 aliphatic carbocycles. The van der Waals surface area contributed by atoms with E-state index in [0.29, 0.717) is 37.0 Å². The van der Waals surface area contributed by atoms with E-state index in [0.717, 1.165) is 5.56 Å². The third kappa shape index (κ3) is 4.24. The maximum Gasteiger partial charge on any atom is 0.262 e. The van der Waals surface area contributed by atoms with Crippen LogP contribution in [-0.4, -0.2) is 54.5 Å². The minimum atomic E-state index is -3.67. The fourth-order valence-electron chi connectivity index (χ4n) is 2.52. The van der Waals surface area contributed by atoms with Crippen molar-refractivity contribution in [1.82, 2.24) is 13.9 Å². The summed E-state index contributed by atoms with van der Waals surface area (Å²) in [6.45, 7) is 3.13. The molecule has 2 heterocycles. The maximum atomic E-state index is 12.5. The van der Waals surface area contributed by atoms with Gasteiger partial charge in [-0.05, 0) is 24.6 Å². The van der Waals surface area contributed by atoms with Crippen molar-refractivity contribution in [3.05, 3.63) is 41.3 Å². The number of rotatable bonds is 5. The van der Waals surface area contributed by atoms with Gasteiger partial charge in [-0.3, -0.25) is 4.79 Å². The number of nitrogens with zero attached hydrogens (tertiary/aromatic N) is 3. The number of carbonyl (C=O) groups is 1. The Labute approximate surface area is 156 Å². The Morgan fingerprint density at radius 1 is 1.35 bits per heavy atom. The van der Waals surface area contributed by atoms with Crippen LogP contribution in [0.25, 0.3) is 0 Å². The van der Waals surface area contributed by atoms with Gasteiger partial charge < -0.3 is 14.6 Å². The van der Waals surface area contributed by atoms with E-state index in [2.05, 4.69) is 10.3 Å². The number of sulfonamides is 1. The fourth-order valence-corrected chi connectivity index (χ4v) is 4.04. The smallest absolute Gasteiger partial charge is 0.262 e. The molecule has 1 aliphatic rings. The minimum Gasteiger partial charge on any atom is -0.379 e. The number of aryl methyl sites for hydroxylation is 1. The van der Waals surface area contributed by atoms with E-state index in [1.165, 1.54) is 21.4 Å². The number of hydrogen-bond donors (Lipinski definition) is 1. The molecule has 10 heteroatoms. The van der Waals surface area contributed by atoms with E-state index in [4.69, 9.17) is 16.3 Å². The molecule has 1 amide bonds. The van der Waals surface area contributed by atoms with Gasteiger partial charge in [0, 0.05) is 30.0 Å². The average Bonchev–Trinajstić information content (AvgIpc) is 3.08. The highest BCUT2D eigenvalue weighted by atomic mass is 35.5. The van der Waals surface area contributed by atoms with E-state index in [1.54, 1.807) is 12.1 Å². The lowest BCUT2D eigenvalue weighted by Crippen LogP contribution is -2.40. The molecule has 0 unspecified atom stereocenters. The highest BCUT2D eigenvalue weighted by molar-refractivity contribution is 7.89. The highest BCUT2D eigenvalue weighted by Gasteiger charge is 2.28. The van der Waals surface area contributed by atoms with Crippen molar-refractivity contribution in [2.45, 2.75) is 18.5 Å². The number of hydrogen-bond acceptors (Lipinski definition) is 5. The van der Waals surface area contributed by atoms with Gasteiger partial charge in [-0.1, -0.05) is 17.7 Å². The second-order valence-electron chi connectivity index (χ2n) is 5.91. The summed E-state index contributed by atoms with van der Waals surface area (Å²) in [5, 5.41) is 3.20. The maximum absolute atomic E-state index is 12.5. The first-order valence-electron chi connectivity index (χ1n) is 8.02. The average molecular weight is 399 g/mol. The topological polar surface area (TPSA) is 93.5 Å². The third-order valence-electron chi connectivity index (χ3n) is 3.97. The lowest BCUT2D eigenvalue weighted by Gasteiger charge is -2.24. The summed E-state index contributed by atoms with van der Waals surface area (Å²) in [6, 6.07) is 5.22. The molecule has 1 aromatic carbocycles. The normalized spacial score (nSPS) is 15.8.